The molecule has 4 aliphatic heterocycles. The van der Waals surface area contributed by atoms with Crippen LogP contribution in [0.1, 0.15) is 194 Å². The third-order valence-corrected chi connectivity index (χ3v) is 33.7. The fourth-order valence-corrected chi connectivity index (χ4v) is 24.9. The van der Waals surface area contributed by atoms with Crippen molar-refractivity contribution in [2.24, 2.45) is 0 Å². The summed E-state index contributed by atoms with van der Waals surface area (Å²) in [6.07, 6.45) is -8.72. The molecule has 0 radical (unpaired) electrons. The van der Waals surface area contributed by atoms with Gasteiger partial charge in [-0.15, -0.1) is 17.4 Å². The van der Waals surface area contributed by atoms with E-state index in [2.05, 4.69) is 49.2 Å². The third-order valence-electron chi connectivity index (χ3n) is 25.0. The summed E-state index contributed by atoms with van der Waals surface area (Å²) in [5.74, 6) is 4.81. The molecule has 4 saturated carbocycles. The van der Waals surface area contributed by atoms with E-state index in [1.807, 2.05) is 14.7 Å². The van der Waals surface area contributed by atoms with Gasteiger partial charge >= 0.3 is 36.6 Å². The topological polar surface area (TPSA) is 282 Å². The van der Waals surface area contributed by atoms with Gasteiger partial charge in [0.2, 0.25) is 51.9 Å². The number of likely N-dealkylation sites (tertiary alicyclic amines) is 3. The van der Waals surface area contributed by atoms with Crippen LogP contribution in [0.4, 0.5) is 72.8 Å². The third kappa shape index (κ3) is 31.3. The first kappa shape index (κ1) is 117. The van der Waals surface area contributed by atoms with Crippen LogP contribution in [0, 0.1) is 11.6 Å². The van der Waals surface area contributed by atoms with Crippen LogP contribution in [-0.2, 0) is 93.5 Å². The molecule has 2 amide bonds. The van der Waals surface area contributed by atoms with Crippen molar-refractivity contribution in [1.29, 1.82) is 0 Å². The summed E-state index contributed by atoms with van der Waals surface area (Å²) in [7, 11) is -16.3. The second-order valence-electron chi connectivity index (χ2n) is 38.4. The normalized spacial score (nSPS) is 18.2. The van der Waals surface area contributed by atoms with Crippen molar-refractivity contribution in [3.8, 4) is 0 Å². The fraction of sp³-hybridized carbons (Fsp3) is 0.579. The van der Waals surface area contributed by atoms with E-state index >= 15 is 0 Å². The number of carbonyl (C=O) groups excluding carboxylic acids is 4. The molecular formula is C95H125AlBrClF14N10O14S4. The number of benzene rings is 6. The highest BCUT2D eigenvalue weighted by atomic mass is 79.9. The van der Waals surface area contributed by atoms with Crippen LogP contribution in [-0.4, -0.2) is 238 Å². The molecule has 6 aromatic carbocycles. The van der Waals surface area contributed by atoms with Crippen LogP contribution < -0.4 is 16.0 Å². The highest BCUT2D eigenvalue weighted by molar-refractivity contribution is 9.10. The number of halogens is 16. The van der Waals surface area contributed by atoms with Crippen LogP contribution in [0.3, 0.4) is 0 Å². The van der Waals surface area contributed by atoms with Gasteiger partial charge in [0, 0.05) is 93.3 Å². The van der Waals surface area contributed by atoms with Crippen molar-refractivity contribution >= 4 is 117 Å². The predicted octanol–water partition coefficient (Wildman–Crippen LogP) is 19.8. The van der Waals surface area contributed by atoms with E-state index in [0.717, 1.165) is 86.6 Å². The number of ether oxygens (including phenoxy) is 2. The molecule has 0 aromatic heterocycles. The number of amides is 2. The highest BCUT2D eigenvalue weighted by Crippen LogP contribution is 2.46. The van der Waals surface area contributed by atoms with Gasteiger partial charge in [-0.05, 0) is 300 Å². The second kappa shape index (κ2) is 47.7. The number of nitrogens with zero attached hydrogens (tertiary/aromatic N) is 7. The van der Waals surface area contributed by atoms with Crippen molar-refractivity contribution in [1.82, 2.24) is 37.2 Å². The van der Waals surface area contributed by atoms with Gasteiger partial charge in [0.1, 0.15) is 21.5 Å². The molecule has 4 aliphatic carbocycles. The van der Waals surface area contributed by atoms with Gasteiger partial charge in [0.15, 0.2) is 0 Å². The fourth-order valence-electron chi connectivity index (χ4n) is 16.7. The molecule has 3 N–H and O–H groups in total. The SMILES string of the molecule is CC(C)(C(=O)Nc1ccc(F)cc1)N1CCC(N(C2CC2)S(=O)(=O)c2cccc(C(F)(F)F)c2)CC1.CC(C)(C(=O)Nc1ccc(F)cc1Cl)N1CCC(N(C2CC2)S(=O)(=O)c2cccc(C(F)(F)F)c2)CC1.CCOC(=O)C(C)(C)Br.CCOC(=O)C(C)(C)N1CCC(N(C2CC2)S(=O)(=O)c2cccc(C(F)(F)F)c2)CC1.O=S(=O)(c1cccc(C(F)(F)F)c1)N(C1CCNCC1)C1CC1.[CH3][Al]([CH3])[CH3]. The molecule has 45 heteroatoms. The number of alkyl halides is 13. The Balaban J connectivity index is 0.000000202. The molecule has 6 aromatic rings. The number of piperidine rings is 4. The molecule has 0 bridgehead atoms. The van der Waals surface area contributed by atoms with Crippen LogP contribution in [0.25, 0.3) is 0 Å². The average molecular weight is 2170 g/mol. The molecule has 0 spiro atoms. The van der Waals surface area contributed by atoms with E-state index in [4.69, 9.17) is 21.1 Å². The minimum Gasteiger partial charge on any atom is -0.465 e. The van der Waals surface area contributed by atoms with Crippen molar-refractivity contribution in [2.45, 2.75) is 303 Å². The lowest BCUT2D eigenvalue weighted by atomic mass is 9.95. The van der Waals surface area contributed by atoms with Gasteiger partial charge in [-0.1, -0.05) is 51.8 Å². The minimum atomic E-state index is -4.65. The van der Waals surface area contributed by atoms with Crippen molar-refractivity contribution < 1.29 is 124 Å². The monoisotopic (exact) mass is 2160 g/mol. The number of hydrogen-bond acceptors (Lipinski definition) is 18. The van der Waals surface area contributed by atoms with E-state index in [-0.39, 0.29) is 117 Å². The largest absolute Gasteiger partial charge is 0.465 e. The van der Waals surface area contributed by atoms with Gasteiger partial charge in [0.25, 0.3) is 14.1 Å². The summed E-state index contributed by atoms with van der Waals surface area (Å²) < 4.78 is 305. The summed E-state index contributed by atoms with van der Waals surface area (Å²) in [5, 5.41) is 8.76. The van der Waals surface area contributed by atoms with Gasteiger partial charge in [-0.2, -0.15) is 69.9 Å². The summed E-state index contributed by atoms with van der Waals surface area (Å²) in [5.41, 5.74) is -5.88. The Hall–Kier alpha value is -7.00. The summed E-state index contributed by atoms with van der Waals surface area (Å²) in [6, 6.07) is 22.9. The average Bonchev–Trinajstić information content (AvgIpc) is 1.62. The summed E-state index contributed by atoms with van der Waals surface area (Å²) in [4.78, 5) is 53.7. The molecule has 140 heavy (non-hydrogen) atoms. The predicted molar refractivity (Wildman–Crippen MR) is 511 cm³/mol. The molecule has 4 saturated heterocycles. The van der Waals surface area contributed by atoms with E-state index in [0.29, 0.717) is 160 Å². The lowest BCUT2D eigenvalue weighted by Crippen LogP contribution is -2.57. The van der Waals surface area contributed by atoms with E-state index in [9.17, 15) is 114 Å². The van der Waals surface area contributed by atoms with E-state index in [1.165, 1.54) is 77.9 Å². The number of esters is 2. The Morgan fingerprint density at radius 3 is 0.900 bits per heavy atom. The quantitative estimate of drug-likeness (QED) is 0.0187. The minimum absolute atomic E-state index is 0.0716. The lowest BCUT2D eigenvalue weighted by Gasteiger charge is -2.44. The van der Waals surface area contributed by atoms with Crippen molar-refractivity contribution in [3.05, 3.63) is 178 Å². The van der Waals surface area contributed by atoms with Gasteiger partial charge in [-0.25, -0.2) is 42.5 Å². The highest BCUT2D eigenvalue weighted by Gasteiger charge is 2.52. The Morgan fingerprint density at radius 2 is 0.643 bits per heavy atom. The molecule has 4 heterocycles. The molecule has 8 fully saturated rings. The maximum Gasteiger partial charge on any atom is 0.416 e. The second-order valence-corrected chi connectivity index (χ2v) is 51.6. The zero-order valence-corrected chi connectivity index (χ0v) is 87.1. The Bertz CT molecular complexity index is 5690. The zero-order chi connectivity index (χ0) is 104. The number of anilines is 2. The van der Waals surface area contributed by atoms with E-state index in [1.54, 1.807) is 69.2 Å². The first-order chi connectivity index (χ1) is 64.9. The molecule has 0 atom stereocenters. The molecule has 24 nitrogen and oxygen atoms in total. The maximum absolute atomic E-state index is 13.5. The first-order valence-electron chi connectivity index (χ1n) is 46.6. The molecule has 14 rings (SSSR count). The summed E-state index contributed by atoms with van der Waals surface area (Å²) in [6.45, 7) is 22.5. The van der Waals surface area contributed by atoms with Gasteiger partial charge < -0.3 is 25.4 Å². The van der Waals surface area contributed by atoms with Crippen molar-refractivity contribution in [3.63, 3.8) is 0 Å². The lowest BCUT2D eigenvalue weighted by molar-refractivity contribution is -0.157. The van der Waals surface area contributed by atoms with Gasteiger partial charge in [0.05, 0.1) is 76.8 Å². The number of hydrogen-bond donors (Lipinski definition) is 3. The Labute approximate surface area is 829 Å². The number of nitrogens with one attached hydrogen (secondary N) is 3. The number of sulfonamides is 4. The van der Waals surface area contributed by atoms with Crippen LogP contribution >= 0.6 is 27.5 Å². The standard InChI is InChI=1S/C25H28ClF4N3O3S.C25H29F4N3O3S.C21H29F3N2O4S.C15H19F3N2O2S.C6H11BrO2.3CH3.Al/c1-24(2,23(34)31-22-9-6-17(27)15-21(22)26)32-12-10-19(11-13-32)33(18-7-8-18)37(35,36)20-5-3-4-16(14-20)25(28,29)30;1-24(2,23(33)30-19-8-6-18(26)7-9-19)31-14-12-21(13-15-31)32(20-10-11-20)36(34,35)22-5-3-4-17(16-22)25(27,28)29;1-4-30-19(27)20(2,3)25-12-10-17(11-13-25)26(16-8-9-16)31(28,29)18-7-5-6-15(14-18)21(22,23)24;16-15(17,18)11-2-1-3-14(10-11)23(21,22)20(12-4-5-12)13-6-8-19-9-7-13;1-4-9-5(8)6(2,3)7;;;;/h3-6,9,14-15,18-19H,7-8,10-13H2,1-2H3,(H,31,34);3-9,16,20-21H,10-15H2,1-2H3,(H,30,33);5-7,14,16-17H,4,8-13H2,1-3H3;1-3,10,12-13,19H,4-9H2;4H2,1-3H3;3*1H3;. The Kier molecular flexibility index (Phi) is 39.7. The molecule has 8 aliphatic rings. The molecular weight excluding hydrogens is 2040 g/mol. The first-order valence-corrected chi connectivity index (χ1v) is 57.0. The Morgan fingerprint density at radius 1 is 0.386 bits per heavy atom. The van der Waals surface area contributed by atoms with Crippen LogP contribution in [0.15, 0.2) is 159 Å². The van der Waals surface area contributed by atoms with Gasteiger partial charge in [-0.3, -0.25) is 33.9 Å². The van der Waals surface area contributed by atoms with Crippen LogP contribution in [0.2, 0.25) is 22.4 Å². The van der Waals surface area contributed by atoms with E-state index < -0.39 is 126 Å². The molecule has 778 valence electrons. The smallest absolute Gasteiger partial charge is 0.416 e. The zero-order valence-electron chi connectivity index (χ0n) is 80.4. The number of rotatable bonds is 27. The summed E-state index contributed by atoms with van der Waals surface area (Å²) >= 11 is 9.07. The van der Waals surface area contributed by atoms with Crippen molar-refractivity contribution in [2.75, 3.05) is 76.2 Å². The number of carbonyl (C=O) groups is 4. The van der Waals surface area contributed by atoms with Crippen LogP contribution in [0.5, 0.6) is 0 Å². The molecule has 0 unspecified atom stereocenters. The maximum atomic E-state index is 13.5.